The topological polar surface area (TPSA) is 21.3 Å². The molecule has 2 atom stereocenters. The smallest absolute Gasteiger partial charge is 0.0595 e. The van der Waals surface area contributed by atoms with Gasteiger partial charge in [-0.25, -0.2) is 0 Å². The van der Waals surface area contributed by atoms with E-state index in [0.29, 0.717) is 10.0 Å². The van der Waals surface area contributed by atoms with Crippen molar-refractivity contribution >= 4 is 23.2 Å². The number of ether oxygens (including phenoxy) is 1. The molecule has 3 rings (SSSR count). The van der Waals surface area contributed by atoms with E-state index in [4.69, 9.17) is 27.9 Å². The third-order valence-electron chi connectivity index (χ3n) is 4.78. The van der Waals surface area contributed by atoms with Gasteiger partial charge in [0.25, 0.3) is 0 Å². The van der Waals surface area contributed by atoms with E-state index in [-0.39, 0.29) is 10.8 Å². The van der Waals surface area contributed by atoms with Crippen LogP contribution < -0.4 is 5.32 Å². The van der Waals surface area contributed by atoms with Crippen LogP contribution in [0.25, 0.3) is 0 Å². The van der Waals surface area contributed by atoms with Crippen molar-refractivity contribution in [2.45, 2.75) is 25.2 Å². The van der Waals surface area contributed by atoms with Crippen LogP contribution in [-0.4, -0.2) is 26.3 Å². The highest BCUT2D eigenvalue weighted by molar-refractivity contribution is 6.42. The predicted octanol–water partition coefficient (Wildman–Crippen LogP) is 3.65. The number of fused-ring (bicyclic) bond motifs is 1. The summed E-state index contributed by atoms with van der Waals surface area (Å²) in [4.78, 5) is 0. The number of halogens is 2. The van der Waals surface area contributed by atoms with Crippen LogP contribution >= 0.6 is 23.2 Å². The Morgan fingerprint density at radius 3 is 2.89 bits per heavy atom. The highest BCUT2D eigenvalue weighted by atomic mass is 35.5. The van der Waals surface area contributed by atoms with Gasteiger partial charge in [-0.05, 0) is 44.0 Å². The summed E-state index contributed by atoms with van der Waals surface area (Å²) in [6, 6.07) is 6.09. The lowest BCUT2D eigenvalue weighted by Crippen LogP contribution is -2.41. The minimum atomic E-state index is 0.238. The van der Waals surface area contributed by atoms with Gasteiger partial charge in [-0.2, -0.15) is 0 Å². The Kier molecular flexibility index (Phi) is 3.55. The molecule has 19 heavy (non-hydrogen) atoms. The molecule has 2 nitrogen and oxygen atoms in total. The lowest BCUT2D eigenvalue weighted by atomic mass is 9.81. The number of rotatable bonds is 4. The molecule has 4 heteroatoms. The normalized spacial score (nSPS) is 33.0. The van der Waals surface area contributed by atoms with Crippen molar-refractivity contribution in [3.8, 4) is 0 Å². The van der Waals surface area contributed by atoms with Crippen molar-refractivity contribution in [3.05, 3.63) is 33.8 Å². The molecule has 1 unspecified atom stereocenters. The fraction of sp³-hybridized carbons (Fsp3) is 0.600. The van der Waals surface area contributed by atoms with E-state index in [2.05, 4.69) is 18.3 Å². The van der Waals surface area contributed by atoms with Crippen molar-refractivity contribution in [2.24, 2.45) is 5.41 Å². The Morgan fingerprint density at radius 2 is 2.16 bits per heavy atom. The third kappa shape index (κ3) is 2.09. The largest absolute Gasteiger partial charge is 0.381 e. The number of benzene rings is 1. The van der Waals surface area contributed by atoms with Crippen molar-refractivity contribution in [1.82, 2.24) is 5.32 Å². The van der Waals surface area contributed by atoms with Crippen LogP contribution in [0.2, 0.25) is 10.0 Å². The van der Waals surface area contributed by atoms with Crippen LogP contribution in [-0.2, 0) is 10.2 Å². The monoisotopic (exact) mass is 299 g/mol. The first-order valence-electron chi connectivity index (χ1n) is 6.88. The molecule has 1 saturated carbocycles. The van der Waals surface area contributed by atoms with Gasteiger partial charge in [0.2, 0.25) is 0 Å². The van der Waals surface area contributed by atoms with Gasteiger partial charge in [-0.15, -0.1) is 0 Å². The Bertz CT molecular complexity index is 493. The second kappa shape index (κ2) is 4.92. The van der Waals surface area contributed by atoms with E-state index < -0.39 is 0 Å². The highest BCUT2D eigenvalue weighted by Gasteiger charge is 2.68. The molecule has 1 saturated heterocycles. The maximum absolute atomic E-state index is 6.18. The number of hydrogen-bond acceptors (Lipinski definition) is 2. The lowest BCUT2D eigenvalue weighted by molar-refractivity contribution is 0.0817. The molecule has 1 aromatic carbocycles. The second-order valence-corrected chi connectivity index (χ2v) is 6.55. The van der Waals surface area contributed by atoms with Gasteiger partial charge in [0.1, 0.15) is 0 Å². The molecular formula is C15H19Cl2NO. The van der Waals surface area contributed by atoms with Gasteiger partial charge in [-0.1, -0.05) is 29.3 Å². The zero-order valence-corrected chi connectivity index (χ0v) is 12.7. The molecule has 2 fully saturated rings. The van der Waals surface area contributed by atoms with Crippen LogP contribution in [0.5, 0.6) is 0 Å². The molecule has 0 spiro atoms. The van der Waals surface area contributed by atoms with Crippen LogP contribution in [0.4, 0.5) is 0 Å². The van der Waals surface area contributed by atoms with Crippen LogP contribution in [0.1, 0.15) is 25.3 Å². The highest BCUT2D eigenvalue weighted by Crippen LogP contribution is 2.67. The second-order valence-electron chi connectivity index (χ2n) is 5.73. The quantitative estimate of drug-likeness (QED) is 0.916. The van der Waals surface area contributed by atoms with E-state index >= 15 is 0 Å². The summed E-state index contributed by atoms with van der Waals surface area (Å²) in [6.07, 6.45) is 2.34. The molecule has 1 aliphatic carbocycles. The first-order valence-corrected chi connectivity index (χ1v) is 7.63. The van der Waals surface area contributed by atoms with Gasteiger partial charge >= 0.3 is 0 Å². The molecular weight excluding hydrogens is 281 g/mol. The van der Waals surface area contributed by atoms with Gasteiger partial charge in [0.05, 0.1) is 16.7 Å². The Morgan fingerprint density at radius 1 is 1.32 bits per heavy atom. The summed E-state index contributed by atoms with van der Waals surface area (Å²) < 4.78 is 5.72. The maximum Gasteiger partial charge on any atom is 0.0595 e. The Hall–Kier alpha value is -0.280. The lowest BCUT2D eigenvalue weighted by Gasteiger charge is -2.31. The van der Waals surface area contributed by atoms with Crippen LogP contribution in [0.15, 0.2) is 18.2 Å². The molecule has 104 valence electrons. The number of nitrogens with one attached hydrogen (secondary N) is 1. The van der Waals surface area contributed by atoms with E-state index in [0.717, 1.165) is 32.7 Å². The van der Waals surface area contributed by atoms with Crippen molar-refractivity contribution < 1.29 is 4.74 Å². The molecule has 1 aromatic rings. The third-order valence-corrected chi connectivity index (χ3v) is 5.52. The van der Waals surface area contributed by atoms with Crippen molar-refractivity contribution in [2.75, 3.05) is 26.3 Å². The molecule has 2 aliphatic rings. The Labute approximate surface area is 124 Å². The van der Waals surface area contributed by atoms with Crippen molar-refractivity contribution in [3.63, 3.8) is 0 Å². The van der Waals surface area contributed by atoms with Crippen molar-refractivity contribution in [1.29, 1.82) is 0 Å². The van der Waals surface area contributed by atoms with Gasteiger partial charge in [0.15, 0.2) is 0 Å². The maximum atomic E-state index is 6.18. The molecule has 1 heterocycles. The summed E-state index contributed by atoms with van der Waals surface area (Å²) >= 11 is 12.2. The first kappa shape index (κ1) is 13.7. The molecule has 1 aliphatic heterocycles. The summed E-state index contributed by atoms with van der Waals surface area (Å²) in [6.45, 7) is 5.76. The van der Waals surface area contributed by atoms with E-state index in [1.165, 1.54) is 12.0 Å². The standard InChI is InChI=1S/C15H19Cl2NO/c1-2-19-10-14-8-15(14,5-6-18-9-14)11-3-4-12(16)13(17)7-11/h3-4,7,18H,2,5-6,8-10H2,1H3/t14?,15-/m0/s1. The molecule has 0 amide bonds. The van der Waals surface area contributed by atoms with Gasteiger partial charge in [0, 0.05) is 24.0 Å². The first-order chi connectivity index (χ1) is 9.13. The SMILES string of the molecule is CCOCC12CNCC[C@@]1(c1ccc(Cl)c(Cl)c1)C2. The summed E-state index contributed by atoms with van der Waals surface area (Å²) in [5.41, 5.74) is 1.81. The average molecular weight is 300 g/mol. The predicted molar refractivity (Wildman–Crippen MR) is 79.2 cm³/mol. The van der Waals surface area contributed by atoms with Gasteiger partial charge < -0.3 is 10.1 Å². The van der Waals surface area contributed by atoms with Gasteiger partial charge in [-0.3, -0.25) is 0 Å². The van der Waals surface area contributed by atoms with E-state index in [9.17, 15) is 0 Å². The minimum absolute atomic E-state index is 0.238. The minimum Gasteiger partial charge on any atom is -0.381 e. The Balaban J connectivity index is 1.91. The van der Waals surface area contributed by atoms with E-state index in [1.807, 2.05) is 12.1 Å². The van der Waals surface area contributed by atoms with Crippen LogP contribution in [0, 0.1) is 5.41 Å². The zero-order valence-electron chi connectivity index (χ0n) is 11.1. The number of hydrogen-bond donors (Lipinski definition) is 1. The summed E-state index contributed by atoms with van der Waals surface area (Å²) in [7, 11) is 0. The molecule has 1 N–H and O–H groups in total. The fourth-order valence-corrected chi connectivity index (χ4v) is 3.93. The van der Waals surface area contributed by atoms with E-state index in [1.54, 1.807) is 0 Å². The number of piperidine rings is 1. The average Bonchev–Trinajstić information content (AvgIpc) is 3.10. The van der Waals surface area contributed by atoms with Crippen LogP contribution in [0.3, 0.4) is 0 Å². The summed E-state index contributed by atoms with van der Waals surface area (Å²) in [5.74, 6) is 0. The molecule has 0 bridgehead atoms. The molecule has 0 aromatic heterocycles. The fourth-order valence-electron chi connectivity index (χ4n) is 3.63. The summed E-state index contributed by atoms with van der Waals surface area (Å²) in [5, 5.41) is 4.80. The zero-order chi connectivity index (χ0) is 13.5. The molecule has 0 radical (unpaired) electrons.